The Bertz CT molecular complexity index is 415. The molecule has 1 rings (SSSR count). The van der Waals surface area contributed by atoms with Crippen LogP contribution in [0.5, 0.6) is 0 Å². The number of carbonyl (C=O) groups is 1. The van der Waals surface area contributed by atoms with E-state index in [1.54, 1.807) is 0 Å². The van der Waals surface area contributed by atoms with Crippen molar-refractivity contribution in [3.63, 3.8) is 0 Å². The minimum Gasteiger partial charge on any atom is -0.354 e. The lowest BCUT2D eigenvalue weighted by molar-refractivity contribution is -0.123. The third kappa shape index (κ3) is 5.43. The highest BCUT2D eigenvalue weighted by Crippen LogP contribution is 2.14. The number of aryl methyl sites for hydroxylation is 1. The Morgan fingerprint density at radius 3 is 2.47 bits per heavy atom. The minimum atomic E-state index is -0.186. The normalized spacial score (nSPS) is 14.2. The van der Waals surface area contributed by atoms with Crippen LogP contribution in [-0.4, -0.2) is 18.5 Å². The van der Waals surface area contributed by atoms with Crippen LogP contribution in [-0.2, 0) is 4.79 Å². The first-order valence-electron chi connectivity index (χ1n) is 7.00. The lowest BCUT2D eigenvalue weighted by Crippen LogP contribution is -2.44. The number of nitrogens with one attached hydrogen (secondary N) is 2. The lowest BCUT2D eigenvalue weighted by atomic mass is 10.0. The van der Waals surface area contributed by atoms with Crippen LogP contribution in [0.2, 0.25) is 0 Å². The molecule has 0 radical (unpaired) electrons. The van der Waals surface area contributed by atoms with E-state index in [0.29, 0.717) is 5.92 Å². The summed E-state index contributed by atoms with van der Waals surface area (Å²) in [5.74, 6) is 0.540. The van der Waals surface area contributed by atoms with E-state index in [1.807, 2.05) is 13.0 Å². The number of carbonyl (C=O) groups excluding carboxylic acids is 1. The maximum atomic E-state index is 11.9. The van der Waals surface area contributed by atoms with Gasteiger partial charge in [-0.15, -0.1) is 0 Å². The van der Waals surface area contributed by atoms with Crippen molar-refractivity contribution in [2.75, 3.05) is 6.54 Å². The first kappa shape index (κ1) is 15.7. The van der Waals surface area contributed by atoms with E-state index in [-0.39, 0.29) is 18.0 Å². The van der Waals surface area contributed by atoms with E-state index < -0.39 is 0 Å². The van der Waals surface area contributed by atoms with Crippen molar-refractivity contribution < 1.29 is 4.79 Å². The summed E-state index contributed by atoms with van der Waals surface area (Å²) in [6, 6.07) is 8.34. The van der Waals surface area contributed by atoms with Gasteiger partial charge in [-0.1, -0.05) is 43.7 Å². The number of hydrogen-bond acceptors (Lipinski definition) is 2. The molecule has 106 valence electrons. The van der Waals surface area contributed by atoms with Gasteiger partial charge in [0, 0.05) is 12.6 Å². The fourth-order valence-corrected chi connectivity index (χ4v) is 1.94. The third-order valence-electron chi connectivity index (χ3n) is 3.12. The summed E-state index contributed by atoms with van der Waals surface area (Å²) in [5, 5.41) is 6.28. The summed E-state index contributed by atoms with van der Waals surface area (Å²) >= 11 is 0. The average molecular weight is 262 g/mol. The molecule has 0 heterocycles. The van der Waals surface area contributed by atoms with Crippen molar-refractivity contribution in [1.29, 1.82) is 0 Å². The zero-order valence-electron chi connectivity index (χ0n) is 12.7. The lowest BCUT2D eigenvalue weighted by Gasteiger charge is -2.20. The molecular weight excluding hydrogens is 236 g/mol. The topological polar surface area (TPSA) is 41.1 Å². The molecule has 0 spiro atoms. The third-order valence-corrected chi connectivity index (χ3v) is 3.12. The Hall–Kier alpha value is -1.35. The fraction of sp³-hybridized carbons (Fsp3) is 0.562. The summed E-state index contributed by atoms with van der Waals surface area (Å²) in [5.41, 5.74) is 2.45. The van der Waals surface area contributed by atoms with Gasteiger partial charge in [0.05, 0.1) is 6.04 Å². The summed E-state index contributed by atoms with van der Waals surface area (Å²) in [6.07, 6.45) is 0. The molecule has 0 aromatic heterocycles. The molecule has 0 aliphatic rings. The summed E-state index contributed by atoms with van der Waals surface area (Å²) < 4.78 is 0. The molecule has 0 saturated carbocycles. The number of hydrogen-bond donors (Lipinski definition) is 2. The molecular formula is C16H26N2O. The molecule has 1 amide bonds. The molecule has 1 unspecified atom stereocenters. The molecule has 0 saturated heterocycles. The smallest absolute Gasteiger partial charge is 0.236 e. The summed E-state index contributed by atoms with van der Waals surface area (Å²) in [4.78, 5) is 11.9. The van der Waals surface area contributed by atoms with Crippen LogP contribution >= 0.6 is 0 Å². The van der Waals surface area contributed by atoms with Gasteiger partial charge in [-0.25, -0.2) is 0 Å². The maximum Gasteiger partial charge on any atom is 0.236 e. The van der Waals surface area contributed by atoms with Gasteiger partial charge in [-0.3, -0.25) is 10.1 Å². The van der Waals surface area contributed by atoms with Gasteiger partial charge in [-0.2, -0.15) is 0 Å². The Morgan fingerprint density at radius 2 is 1.89 bits per heavy atom. The van der Waals surface area contributed by atoms with Crippen molar-refractivity contribution in [2.24, 2.45) is 5.92 Å². The van der Waals surface area contributed by atoms with Gasteiger partial charge in [0.1, 0.15) is 0 Å². The SMILES string of the molecule is Cc1cccc([C@H](C)NC(C)C(=O)NCC(C)C)c1. The maximum absolute atomic E-state index is 11.9. The molecule has 1 aromatic rings. The highest BCUT2D eigenvalue weighted by Gasteiger charge is 2.16. The van der Waals surface area contributed by atoms with Gasteiger partial charge in [0.15, 0.2) is 0 Å². The molecule has 2 atom stereocenters. The molecule has 0 bridgehead atoms. The Labute approximate surface area is 116 Å². The van der Waals surface area contributed by atoms with Gasteiger partial charge in [-0.05, 0) is 32.3 Å². The molecule has 1 aromatic carbocycles. The van der Waals surface area contributed by atoms with E-state index in [2.05, 4.69) is 56.5 Å². The predicted octanol–water partition coefficient (Wildman–Crippen LogP) is 2.81. The monoisotopic (exact) mass is 262 g/mol. The average Bonchev–Trinajstić information content (AvgIpc) is 2.35. The summed E-state index contributed by atoms with van der Waals surface area (Å²) in [6.45, 7) is 11.0. The Kier molecular flexibility index (Phi) is 6.03. The first-order valence-corrected chi connectivity index (χ1v) is 7.00. The van der Waals surface area contributed by atoms with Crippen LogP contribution in [0.1, 0.15) is 44.9 Å². The second-order valence-corrected chi connectivity index (χ2v) is 5.66. The molecule has 0 aliphatic heterocycles. The van der Waals surface area contributed by atoms with E-state index in [4.69, 9.17) is 0 Å². The molecule has 2 N–H and O–H groups in total. The van der Waals surface area contributed by atoms with Crippen LogP contribution in [0.25, 0.3) is 0 Å². The van der Waals surface area contributed by atoms with Crippen molar-refractivity contribution >= 4 is 5.91 Å². The van der Waals surface area contributed by atoms with Crippen LogP contribution < -0.4 is 10.6 Å². The zero-order chi connectivity index (χ0) is 14.4. The second-order valence-electron chi connectivity index (χ2n) is 5.66. The number of amides is 1. The quantitative estimate of drug-likeness (QED) is 0.827. The van der Waals surface area contributed by atoms with Gasteiger partial charge >= 0.3 is 0 Å². The minimum absolute atomic E-state index is 0.0632. The highest BCUT2D eigenvalue weighted by molar-refractivity contribution is 5.81. The van der Waals surface area contributed by atoms with Gasteiger partial charge in [0.25, 0.3) is 0 Å². The second kappa shape index (κ2) is 7.29. The van der Waals surface area contributed by atoms with Crippen LogP contribution in [0.3, 0.4) is 0 Å². The van der Waals surface area contributed by atoms with E-state index in [0.717, 1.165) is 6.54 Å². The number of benzene rings is 1. The molecule has 19 heavy (non-hydrogen) atoms. The van der Waals surface area contributed by atoms with E-state index in [1.165, 1.54) is 11.1 Å². The van der Waals surface area contributed by atoms with E-state index in [9.17, 15) is 4.79 Å². The first-order chi connectivity index (χ1) is 8.90. The zero-order valence-corrected chi connectivity index (χ0v) is 12.7. The fourth-order valence-electron chi connectivity index (χ4n) is 1.94. The van der Waals surface area contributed by atoms with Crippen molar-refractivity contribution in [2.45, 2.75) is 46.7 Å². The highest BCUT2D eigenvalue weighted by atomic mass is 16.2. The Balaban J connectivity index is 2.51. The van der Waals surface area contributed by atoms with Crippen molar-refractivity contribution in [3.05, 3.63) is 35.4 Å². The van der Waals surface area contributed by atoms with Crippen molar-refractivity contribution in [3.8, 4) is 0 Å². The van der Waals surface area contributed by atoms with Gasteiger partial charge < -0.3 is 5.32 Å². The van der Waals surface area contributed by atoms with E-state index >= 15 is 0 Å². The molecule has 0 aliphatic carbocycles. The van der Waals surface area contributed by atoms with Crippen LogP contribution in [0.15, 0.2) is 24.3 Å². The van der Waals surface area contributed by atoms with Crippen LogP contribution in [0, 0.1) is 12.8 Å². The summed E-state index contributed by atoms with van der Waals surface area (Å²) in [7, 11) is 0. The van der Waals surface area contributed by atoms with Gasteiger partial charge in [0.2, 0.25) is 5.91 Å². The van der Waals surface area contributed by atoms with Crippen LogP contribution in [0.4, 0.5) is 0 Å². The van der Waals surface area contributed by atoms with Crippen molar-refractivity contribution in [1.82, 2.24) is 10.6 Å². The standard InChI is InChI=1S/C16H26N2O/c1-11(2)10-17-16(19)14(5)18-13(4)15-8-6-7-12(3)9-15/h6-9,11,13-14,18H,10H2,1-5H3,(H,17,19)/t13-,14?/m0/s1. The molecule has 3 nitrogen and oxygen atoms in total. The predicted molar refractivity (Wildman–Crippen MR) is 80.0 cm³/mol. The molecule has 0 fully saturated rings. The Morgan fingerprint density at radius 1 is 1.21 bits per heavy atom. The molecule has 3 heteroatoms. The number of rotatable bonds is 6. The largest absolute Gasteiger partial charge is 0.354 e.